The Balaban J connectivity index is 1.69. The standard InChI is InChI=1S/C25H19IN2O4/c1-16-4-2-3-5-22(16)28-24(29)20(14-27)12-18-8-11-23(21(26)13-18)32-15-17-6-9-19(10-7-17)25(30)31/h2-13H,15H2,1H3,(H,28,29)(H,30,31)/b20-12-. The summed E-state index contributed by atoms with van der Waals surface area (Å²) in [7, 11) is 0. The zero-order valence-electron chi connectivity index (χ0n) is 17.1. The van der Waals surface area contributed by atoms with Crippen molar-refractivity contribution in [1.29, 1.82) is 5.26 Å². The zero-order valence-corrected chi connectivity index (χ0v) is 19.3. The largest absolute Gasteiger partial charge is 0.488 e. The smallest absolute Gasteiger partial charge is 0.335 e. The predicted octanol–water partition coefficient (Wildman–Crippen LogP) is 5.42. The van der Waals surface area contributed by atoms with E-state index in [1.54, 1.807) is 30.3 Å². The molecule has 0 aliphatic rings. The van der Waals surface area contributed by atoms with Gasteiger partial charge in [-0.1, -0.05) is 36.4 Å². The molecule has 0 aliphatic heterocycles. The second-order valence-electron chi connectivity index (χ2n) is 6.92. The first kappa shape index (κ1) is 23.0. The quantitative estimate of drug-likeness (QED) is 0.238. The molecule has 3 rings (SSSR count). The van der Waals surface area contributed by atoms with Crippen molar-refractivity contribution in [3.05, 3.63) is 98.1 Å². The first-order valence-corrected chi connectivity index (χ1v) is 10.7. The molecular weight excluding hydrogens is 519 g/mol. The van der Waals surface area contributed by atoms with Crippen LogP contribution in [0.4, 0.5) is 5.69 Å². The summed E-state index contributed by atoms with van der Waals surface area (Å²) in [5.41, 5.74) is 3.33. The molecule has 0 unspecified atom stereocenters. The van der Waals surface area contributed by atoms with E-state index in [1.165, 1.54) is 18.2 Å². The number of anilines is 1. The minimum atomic E-state index is -0.972. The van der Waals surface area contributed by atoms with Gasteiger partial charge in [0.05, 0.1) is 9.13 Å². The monoisotopic (exact) mass is 538 g/mol. The molecule has 0 aliphatic carbocycles. The van der Waals surface area contributed by atoms with Crippen LogP contribution in [0.1, 0.15) is 27.0 Å². The number of carbonyl (C=O) groups excluding carboxylic acids is 1. The van der Waals surface area contributed by atoms with Crippen molar-refractivity contribution >= 4 is 46.2 Å². The van der Waals surface area contributed by atoms with E-state index in [-0.39, 0.29) is 17.7 Å². The highest BCUT2D eigenvalue weighted by Gasteiger charge is 2.11. The molecule has 32 heavy (non-hydrogen) atoms. The van der Waals surface area contributed by atoms with E-state index in [4.69, 9.17) is 9.84 Å². The lowest BCUT2D eigenvalue weighted by molar-refractivity contribution is -0.112. The van der Waals surface area contributed by atoms with Gasteiger partial charge in [-0.15, -0.1) is 0 Å². The molecule has 0 fully saturated rings. The van der Waals surface area contributed by atoms with Crippen molar-refractivity contribution < 1.29 is 19.4 Å². The number of para-hydroxylation sites is 1. The summed E-state index contributed by atoms with van der Waals surface area (Å²) in [4.78, 5) is 23.4. The molecule has 0 saturated carbocycles. The van der Waals surface area contributed by atoms with Crippen molar-refractivity contribution in [2.75, 3.05) is 5.32 Å². The second-order valence-corrected chi connectivity index (χ2v) is 8.08. The number of halogens is 1. The summed E-state index contributed by atoms with van der Waals surface area (Å²) in [5.74, 6) is -0.796. The van der Waals surface area contributed by atoms with Gasteiger partial charge >= 0.3 is 5.97 Å². The molecule has 3 aromatic carbocycles. The first-order valence-electron chi connectivity index (χ1n) is 9.60. The van der Waals surface area contributed by atoms with Crippen molar-refractivity contribution in [1.82, 2.24) is 0 Å². The Hall–Kier alpha value is -3.64. The van der Waals surface area contributed by atoms with Crippen LogP contribution in [-0.4, -0.2) is 17.0 Å². The van der Waals surface area contributed by atoms with Crippen LogP contribution in [0.15, 0.2) is 72.3 Å². The minimum Gasteiger partial charge on any atom is -0.488 e. The molecule has 0 aromatic heterocycles. The van der Waals surface area contributed by atoms with Gasteiger partial charge in [0.1, 0.15) is 24.0 Å². The summed E-state index contributed by atoms with van der Waals surface area (Å²) >= 11 is 2.13. The number of amides is 1. The number of aromatic carboxylic acids is 1. The van der Waals surface area contributed by atoms with Gasteiger partial charge in [0.25, 0.3) is 5.91 Å². The Labute approximate surface area is 199 Å². The lowest BCUT2D eigenvalue weighted by atomic mass is 10.1. The van der Waals surface area contributed by atoms with Crippen LogP contribution in [0.3, 0.4) is 0 Å². The number of carboxylic acid groups (broad SMARTS) is 1. The lowest BCUT2D eigenvalue weighted by Gasteiger charge is -2.10. The summed E-state index contributed by atoms with van der Waals surface area (Å²) in [6.07, 6.45) is 1.53. The zero-order chi connectivity index (χ0) is 23.1. The number of benzene rings is 3. The van der Waals surface area contributed by atoms with E-state index in [0.29, 0.717) is 17.0 Å². The molecule has 6 nitrogen and oxygen atoms in total. The van der Waals surface area contributed by atoms with Crippen molar-refractivity contribution in [3.63, 3.8) is 0 Å². The maximum atomic E-state index is 12.5. The molecule has 1 amide bonds. The topological polar surface area (TPSA) is 99.4 Å². The van der Waals surface area contributed by atoms with E-state index in [9.17, 15) is 14.9 Å². The minimum absolute atomic E-state index is 0.00348. The highest BCUT2D eigenvalue weighted by molar-refractivity contribution is 14.1. The Kier molecular flexibility index (Phi) is 7.63. The molecule has 3 aromatic rings. The van der Waals surface area contributed by atoms with Gasteiger partial charge in [-0.05, 0) is 82.6 Å². The van der Waals surface area contributed by atoms with E-state index in [1.807, 2.05) is 37.3 Å². The normalized spacial score (nSPS) is 10.8. The summed E-state index contributed by atoms with van der Waals surface area (Å²) in [5, 5.41) is 21.2. The van der Waals surface area contributed by atoms with Crippen LogP contribution >= 0.6 is 22.6 Å². The highest BCUT2D eigenvalue weighted by atomic mass is 127. The molecule has 0 atom stereocenters. The van der Waals surface area contributed by atoms with Crippen LogP contribution < -0.4 is 10.1 Å². The van der Waals surface area contributed by atoms with Gasteiger partial charge in [0.2, 0.25) is 0 Å². The molecule has 0 radical (unpaired) electrons. The van der Waals surface area contributed by atoms with Gasteiger partial charge in [-0.2, -0.15) is 5.26 Å². The third kappa shape index (κ3) is 5.95. The maximum absolute atomic E-state index is 12.5. The van der Waals surface area contributed by atoms with Crippen LogP contribution in [0.25, 0.3) is 6.08 Å². The highest BCUT2D eigenvalue weighted by Crippen LogP contribution is 2.25. The lowest BCUT2D eigenvalue weighted by Crippen LogP contribution is -2.14. The number of carbonyl (C=O) groups is 2. The van der Waals surface area contributed by atoms with Crippen LogP contribution in [0.2, 0.25) is 0 Å². The van der Waals surface area contributed by atoms with Crippen molar-refractivity contribution in [2.24, 2.45) is 0 Å². The second kappa shape index (κ2) is 10.6. The average Bonchev–Trinajstić information content (AvgIpc) is 2.78. The Bertz CT molecular complexity index is 1230. The van der Waals surface area contributed by atoms with E-state index in [2.05, 4.69) is 27.9 Å². The Morgan fingerprint density at radius 2 is 1.84 bits per heavy atom. The van der Waals surface area contributed by atoms with E-state index < -0.39 is 11.9 Å². The van der Waals surface area contributed by atoms with Gasteiger partial charge in [0.15, 0.2) is 0 Å². The third-order valence-electron chi connectivity index (χ3n) is 4.62. The fraction of sp³-hybridized carbons (Fsp3) is 0.0800. The summed E-state index contributed by atoms with van der Waals surface area (Å²) < 4.78 is 6.64. The summed E-state index contributed by atoms with van der Waals surface area (Å²) in [6.45, 7) is 2.17. The van der Waals surface area contributed by atoms with Gasteiger partial charge in [-0.3, -0.25) is 4.79 Å². The van der Waals surface area contributed by atoms with E-state index in [0.717, 1.165) is 14.7 Å². The molecule has 0 heterocycles. The van der Waals surface area contributed by atoms with E-state index >= 15 is 0 Å². The van der Waals surface area contributed by atoms with Crippen LogP contribution in [0.5, 0.6) is 5.75 Å². The molecule has 7 heteroatoms. The number of rotatable bonds is 7. The Morgan fingerprint density at radius 1 is 1.12 bits per heavy atom. The fourth-order valence-electron chi connectivity index (χ4n) is 2.85. The fourth-order valence-corrected chi connectivity index (χ4v) is 3.54. The number of nitrogens with one attached hydrogen (secondary N) is 1. The number of aryl methyl sites for hydroxylation is 1. The summed E-state index contributed by atoms with van der Waals surface area (Å²) in [6, 6.07) is 21.2. The van der Waals surface area contributed by atoms with Crippen LogP contribution in [0, 0.1) is 21.8 Å². The van der Waals surface area contributed by atoms with Crippen molar-refractivity contribution in [3.8, 4) is 11.8 Å². The maximum Gasteiger partial charge on any atom is 0.335 e. The number of ether oxygens (including phenoxy) is 1. The number of hydrogen-bond acceptors (Lipinski definition) is 4. The molecule has 2 N–H and O–H groups in total. The Morgan fingerprint density at radius 3 is 2.47 bits per heavy atom. The van der Waals surface area contributed by atoms with Gasteiger partial charge in [-0.25, -0.2) is 4.79 Å². The SMILES string of the molecule is Cc1ccccc1NC(=O)/C(C#N)=C\c1ccc(OCc2ccc(C(=O)O)cc2)c(I)c1. The number of hydrogen-bond donors (Lipinski definition) is 2. The molecule has 0 bridgehead atoms. The first-order chi connectivity index (χ1) is 15.4. The number of carboxylic acids is 1. The van der Waals surface area contributed by atoms with Crippen molar-refractivity contribution in [2.45, 2.75) is 13.5 Å². The number of nitrogens with zero attached hydrogens (tertiary/aromatic N) is 1. The van der Waals surface area contributed by atoms with Crippen LogP contribution in [-0.2, 0) is 11.4 Å². The predicted molar refractivity (Wildman–Crippen MR) is 130 cm³/mol. The molecule has 0 spiro atoms. The molecule has 0 saturated heterocycles. The third-order valence-corrected chi connectivity index (χ3v) is 5.46. The van der Waals surface area contributed by atoms with Gasteiger partial charge in [0, 0.05) is 5.69 Å². The molecule has 160 valence electrons. The molecular formula is C25H19IN2O4. The number of nitriles is 1. The average molecular weight is 538 g/mol. The van der Waals surface area contributed by atoms with Gasteiger partial charge < -0.3 is 15.2 Å².